The quantitative estimate of drug-likeness (QED) is 0.316. The van der Waals surface area contributed by atoms with Crippen LogP contribution >= 0.6 is 11.6 Å². The Morgan fingerprint density at radius 2 is 1.62 bits per heavy atom. The smallest absolute Gasteiger partial charge is 0.256 e. The average Bonchev–Trinajstić information content (AvgIpc) is 2.95. The van der Waals surface area contributed by atoms with Gasteiger partial charge in [-0.25, -0.2) is 0 Å². The molecule has 218 valence electrons. The molecule has 0 aromatic carbocycles. The molecule has 0 aromatic heterocycles. The van der Waals surface area contributed by atoms with Gasteiger partial charge in [-0.2, -0.15) is 0 Å². The fraction of sp³-hybridized carbons (Fsp3) is 0.857. The minimum absolute atomic E-state index is 0.0242. The summed E-state index contributed by atoms with van der Waals surface area (Å²) in [5.74, 6) is -0.552. The van der Waals surface area contributed by atoms with Gasteiger partial charge in [0.05, 0.1) is 56.3 Å². The number of fused-ring (bicyclic) bond motifs is 2. The van der Waals surface area contributed by atoms with Crippen molar-refractivity contribution < 1.29 is 23.8 Å². The number of rotatable bonds is 8. The lowest BCUT2D eigenvalue weighted by Gasteiger charge is -2.58. The molecule has 7 unspecified atom stereocenters. The number of halogens is 1. The molecule has 7 atom stereocenters. The highest BCUT2D eigenvalue weighted by Gasteiger charge is 2.55. The molecule has 39 heavy (non-hydrogen) atoms. The van der Waals surface area contributed by atoms with Crippen LogP contribution < -0.4 is 10.6 Å². The lowest BCUT2D eigenvalue weighted by Crippen LogP contribution is -2.68. The molecule has 10 nitrogen and oxygen atoms in total. The summed E-state index contributed by atoms with van der Waals surface area (Å²) in [5.41, 5.74) is 0.295. The molecule has 2 N–H and O–H groups in total. The summed E-state index contributed by atoms with van der Waals surface area (Å²) in [5, 5.41) is 6.86. The topological polar surface area (TPSA) is 95.6 Å². The number of carbonyl (C=O) groups excluding carboxylic acids is 2. The zero-order valence-electron chi connectivity index (χ0n) is 22.9. The third-order valence-corrected chi connectivity index (χ3v) is 9.92. The molecule has 11 heteroatoms. The van der Waals surface area contributed by atoms with E-state index < -0.39 is 0 Å². The lowest BCUT2D eigenvalue weighted by atomic mass is 9.70. The van der Waals surface area contributed by atoms with Gasteiger partial charge in [0.25, 0.3) is 5.91 Å². The van der Waals surface area contributed by atoms with E-state index in [2.05, 4.69) is 25.3 Å². The number of Topliss-reactive ketones (excluding diaryl/α,β-unsaturated/α-hetero) is 1. The molecule has 6 aliphatic rings. The Labute approximate surface area is 236 Å². The fourth-order valence-electron chi connectivity index (χ4n) is 7.44. The minimum atomic E-state index is -0.258. The van der Waals surface area contributed by atoms with Crippen molar-refractivity contribution in [2.24, 2.45) is 5.92 Å². The minimum Gasteiger partial charge on any atom is -0.379 e. The predicted molar refractivity (Wildman–Crippen MR) is 147 cm³/mol. The molecule has 0 spiro atoms. The van der Waals surface area contributed by atoms with Crippen LogP contribution in [0.15, 0.2) is 11.8 Å². The second-order valence-corrected chi connectivity index (χ2v) is 12.5. The molecule has 6 rings (SSSR count). The first-order chi connectivity index (χ1) is 19.1. The Kier molecular flexibility index (Phi) is 9.09. The zero-order valence-corrected chi connectivity index (χ0v) is 23.7. The molecule has 3 saturated heterocycles. The molecule has 5 fully saturated rings. The van der Waals surface area contributed by atoms with Crippen LogP contribution in [-0.4, -0.2) is 141 Å². The van der Waals surface area contributed by atoms with Gasteiger partial charge in [0.2, 0.25) is 0 Å². The van der Waals surface area contributed by atoms with Crippen LogP contribution in [0, 0.1) is 5.92 Å². The van der Waals surface area contributed by atoms with Gasteiger partial charge in [0, 0.05) is 75.9 Å². The number of morpholine rings is 3. The number of ketones is 1. The van der Waals surface area contributed by atoms with Crippen LogP contribution in [0.1, 0.15) is 32.1 Å². The van der Waals surface area contributed by atoms with E-state index in [4.69, 9.17) is 25.8 Å². The molecule has 4 heterocycles. The number of hydrogen-bond donors (Lipinski definition) is 2. The Morgan fingerprint density at radius 1 is 0.923 bits per heavy atom. The fourth-order valence-corrected chi connectivity index (χ4v) is 7.75. The van der Waals surface area contributed by atoms with E-state index in [1.807, 2.05) is 6.20 Å². The number of ether oxygens (including phenoxy) is 3. The molecule has 1 amide bonds. The van der Waals surface area contributed by atoms with Gasteiger partial charge in [-0.15, -0.1) is 11.6 Å². The van der Waals surface area contributed by atoms with E-state index in [0.29, 0.717) is 12.1 Å². The molecular weight excluding hydrogens is 522 g/mol. The first kappa shape index (κ1) is 27.9. The van der Waals surface area contributed by atoms with Gasteiger partial charge in [0.15, 0.2) is 5.78 Å². The number of hydrogen-bond acceptors (Lipinski definition) is 9. The van der Waals surface area contributed by atoms with Crippen LogP contribution in [0.3, 0.4) is 0 Å². The molecule has 2 saturated carbocycles. The number of amides is 1. The molecule has 0 aromatic rings. The number of nitrogens with zero attached hydrogens (tertiary/aromatic N) is 3. The summed E-state index contributed by atoms with van der Waals surface area (Å²) in [6.45, 7) is 9.85. The van der Waals surface area contributed by atoms with Gasteiger partial charge in [-0.3, -0.25) is 19.4 Å². The summed E-state index contributed by atoms with van der Waals surface area (Å²) >= 11 is 6.62. The Hall–Kier alpha value is -1.27. The summed E-state index contributed by atoms with van der Waals surface area (Å²) in [6.07, 6.45) is 6.21. The van der Waals surface area contributed by atoms with Crippen molar-refractivity contribution in [3.05, 3.63) is 11.8 Å². The first-order valence-corrected chi connectivity index (χ1v) is 15.5. The average molecular weight is 566 g/mol. The molecule has 0 radical (unpaired) electrons. The summed E-state index contributed by atoms with van der Waals surface area (Å²) in [6, 6.07) is 0.274. The molecule has 4 aliphatic heterocycles. The monoisotopic (exact) mass is 565 g/mol. The van der Waals surface area contributed by atoms with Crippen LogP contribution in [0.2, 0.25) is 0 Å². The first-order valence-electron chi connectivity index (χ1n) is 15.0. The van der Waals surface area contributed by atoms with Crippen LogP contribution in [0.5, 0.6) is 0 Å². The number of carbonyl (C=O) groups is 2. The Balaban J connectivity index is 1.14. The third-order valence-electron chi connectivity index (χ3n) is 9.52. The van der Waals surface area contributed by atoms with E-state index in [9.17, 15) is 9.59 Å². The van der Waals surface area contributed by atoms with Crippen molar-refractivity contribution in [1.29, 1.82) is 0 Å². The second-order valence-electron chi connectivity index (χ2n) is 11.9. The predicted octanol–water partition coefficient (Wildman–Crippen LogP) is 0.200. The highest BCUT2D eigenvalue weighted by atomic mass is 35.5. The van der Waals surface area contributed by atoms with E-state index in [0.717, 1.165) is 104 Å². The number of nitrogens with one attached hydrogen (secondary N) is 2. The van der Waals surface area contributed by atoms with Crippen molar-refractivity contribution in [3.8, 4) is 0 Å². The van der Waals surface area contributed by atoms with Gasteiger partial charge in [-0.05, 0) is 32.1 Å². The van der Waals surface area contributed by atoms with Crippen molar-refractivity contribution in [2.45, 2.75) is 67.8 Å². The SMILES string of the molecule is O=C(NCCN1CCOCC1)C1=CN2C3CC(Cl)CCC3OC3CC(NCCN4CCOCC4)CC(C1=O)C32. The second kappa shape index (κ2) is 12.7. The molecule has 2 aliphatic carbocycles. The zero-order chi connectivity index (χ0) is 26.8. The van der Waals surface area contributed by atoms with Gasteiger partial charge in [0.1, 0.15) is 0 Å². The highest BCUT2D eigenvalue weighted by Crippen LogP contribution is 2.45. The summed E-state index contributed by atoms with van der Waals surface area (Å²) in [7, 11) is 0. The largest absolute Gasteiger partial charge is 0.379 e. The van der Waals surface area contributed by atoms with Crippen molar-refractivity contribution in [3.63, 3.8) is 0 Å². The summed E-state index contributed by atoms with van der Waals surface area (Å²) < 4.78 is 17.6. The van der Waals surface area contributed by atoms with E-state index in [-0.39, 0.29) is 53.3 Å². The van der Waals surface area contributed by atoms with Gasteiger partial charge in [-0.1, -0.05) is 0 Å². The lowest BCUT2D eigenvalue weighted by molar-refractivity contribution is -0.183. The van der Waals surface area contributed by atoms with E-state index in [1.54, 1.807) is 0 Å². The van der Waals surface area contributed by atoms with Crippen molar-refractivity contribution in [1.82, 2.24) is 25.3 Å². The maximum absolute atomic E-state index is 13.9. The van der Waals surface area contributed by atoms with Crippen LogP contribution in [-0.2, 0) is 23.8 Å². The number of alkyl halides is 1. The third kappa shape index (κ3) is 6.32. The standard InChI is InChI=1S/C28H44ClN5O5/c29-19-1-2-24-23(15-19)34-18-22(28(36)31-4-6-33-9-13-38-14-10-33)27(35)21-16-20(17-25(39-24)26(21)34)30-3-5-32-7-11-37-12-8-32/h18-21,23-26,30H,1-17H2,(H,31,36). The maximum Gasteiger partial charge on any atom is 0.256 e. The maximum atomic E-state index is 13.9. The van der Waals surface area contributed by atoms with Gasteiger partial charge >= 0.3 is 0 Å². The van der Waals surface area contributed by atoms with Crippen molar-refractivity contribution >= 4 is 23.3 Å². The molecule has 0 bridgehead atoms. The summed E-state index contributed by atoms with van der Waals surface area (Å²) in [4.78, 5) is 34.3. The Morgan fingerprint density at radius 3 is 2.33 bits per heavy atom. The highest BCUT2D eigenvalue weighted by molar-refractivity contribution is 6.21. The van der Waals surface area contributed by atoms with E-state index in [1.165, 1.54) is 0 Å². The van der Waals surface area contributed by atoms with Crippen molar-refractivity contribution in [2.75, 3.05) is 78.8 Å². The van der Waals surface area contributed by atoms with Gasteiger partial charge < -0.3 is 29.7 Å². The molecular formula is C28H44ClN5O5. The normalized spacial score (nSPS) is 37.6. The van der Waals surface area contributed by atoms with Crippen LogP contribution in [0.25, 0.3) is 0 Å². The van der Waals surface area contributed by atoms with E-state index >= 15 is 0 Å². The van der Waals surface area contributed by atoms with Crippen LogP contribution in [0.4, 0.5) is 0 Å². The Bertz CT molecular complexity index is 911.